The number of hydrogen-bond acceptors (Lipinski definition) is 1. The van der Waals surface area contributed by atoms with Crippen molar-refractivity contribution in [1.29, 1.82) is 0 Å². The van der Waals surface area contributed by atoms with Crippen LogP contribution in [0.1, 0.15) is 26.7 Å². The second kappa shape index (κ2) is 2.74. The summed E-state index contributed by atoms with van der Waals surface area (Å²) in [6.45, 7) is 7.94. The molecule has 0 spiro atoms. The van der Waals surface area contributed by atoms with Crippen LogP contribution in [0.15, 0.2) is 12.2 Å². The molecule has 0 aromatic heterocycles. The molecular formula is C9H13BrO. The molecule has 62 valence electrons. The zero-order valence-corrected chi connectivity index (χ0v) is 8.57. The van der Waals surface area contributed by atoms with E-state index in [2.05, 4.69) is 36.4 Å². The number of rotatable bonds is 0. The van der Waals surface area contributed by atoms with E-state index in [-0.39, 0.29) is 11.2 Å². The van der Waals surface area contributed by atoms with Gasteiger partial charge in [0, 0.05) is 16.7 Å². The number of carbonyl (C=O) groups excluding carboxylic acids is 1. The average molecular weight is 217 g/mol. The van der Waals surface area contributed by atoms with Gasteiger partial charge in [-0.3, -0.25) is 4.79 Å². The van der Waals surface area contributed by atoms with Crippen LogP contribution in [0.5, 0.6) is 0 Å². The summed E-state index contributed by atoms with van der Waals surface area (Å²) in [5.74, 6) is 0.228. The zero-order chi connectivity index (χ0) is 8.65. The maximum absolute atomic E-state index is 11.2. The molecule has 0 amide bonds. The number of allylic oxidation sites excluding steroid dienone is 1. The number of ketones is 1. The van der Waals surface area contributed by atoms with Crippen LogP contribution in [0.2, 0.25) is 0 Å². The lowest BCUT2D eigenvalue weighted by Crippen LogP contribution is -2.35. The minimum atomic E-state index is -0.0602. The van der Waals surface area contributed by atoms with Crippen LogP contribution < -0.4 is 0 Å². The van der Waals surface area contributed by atoms with Crippen LogP contribution >= 0.6 is 15.9 Å². The minimum absolute atomic E-state index is 0.0602. The molecule has 1 unspecified atom stereocenters. The van der Waals surface area contributed by atoms with E-state index in [4.69, 9.17) is 0 Å². The largest absolute Gasteiger partial charge is 0.295 e. The van der Waals surface area contributed by atoms with E-state index in [0.717, 1.165) is 12.0 Å². The lowest BCUT2D eigenvalue weighted by molar-refractivity contribution is -0.117. The third-order valence-electron chi connectivity index (χ3n) is 2.52. The van der Waals surface area contributed by atoms with Crippen LogP contribution in [-0.2, 0) is 4.79 Å². The molecule has 2 heteroatoms. The molecule has 1 aliphatic carbocycles. The highest BCUT2D eigenvalue weighted by Gasteiger charge is 2.37. The molecule has 0 aromatic carbocycles. The Morgan fingerprint density at radius 3 is 2.64 bits per heavy atom. The molecule has 0 aromatic rings. The van der Waals surface area contributed by atoms with Crippen molar-refractivity contribution in [1.82, 2.24) is 0 Å². The summed E-state index contributed by atoms with van der Waals surface area (Å²) in [5, 5.41) is 0. The first-order valence-electron chi connectivity index (χ1n) is 3.83. The number of alkyl halides is 1. The fourth-order valence-electron chi connectivity index (χ4n) is 1.32. The smallest absolute Gasteiger partial charge is 0.158 e. The standard InChI is InChI=1S/C9H13BrO/c1-6-7(11)4-5-8(10)9(6,2)3/h8H,1,4-5H2,2-3H3. The zero-order valence-electron chi connectivity index (χ0n) is 6.98. The summed E-state index contributed by atoms with van der Waals surface area (Å²) in [6, 6.07) is 0. The number of hydrogen-bond donors (Lipinski definition) is 0. The maximum Gasteiger partial charge on any atom is 0.158 e. The van der Waals surface area contributed by atoms with E-state index in [1.165, 1.54) is 0 Å². The average Bonchev–Trinajstić information content (AvgIpc) is 1.95. The van der Waals surface area contributed by atoms with Gasteiger partial charge in [0.2, 0.25) is 0 Å². The Bertz CT molecular complexity index is 206. The first kappa shape index (κ1) is 8.98. The van der Waals surface area contributed by atoms with Crippen molar-refractivity contribution in [3.8, 4) is 0 Å². The van der Waals surface area contributed by atoms with Gasteiger partial charge in [-0.15, -0.1) is 0 Å². The van der Waals surface area contributed by atoms with Gasteiger partial charge in [0.15, 0.2) is 5.78 Å². The SMILES string of the molecule is C=C1C(=O)CCC(Br)C1(C)C. The Morgan fingerprint density at radius 2 is 2.18 bits per heavy atom. The van der Waals surface area contributed by atoms with Gasteiger partial charge in [-0.2, -0.15) is 0 Å². The lowest BCUT2D eigenvalue weighted by atomic mass is 9.73. The van der Waals surface area contributed by atoms with Crippen molar-refractivity contribution >= 4 is 21.7 Å². The van der Waals surface area contributed by atoms with Gasteiger partial charge >= 0.3 is 0 Å². The highest BCUT2D eigenvalue weighted by atomic mass is 79.9. The predicted octanol–water partition coefficient (Wildman–Crippen LogP) is 2.70. The lowest BCUT2D eigenvalue weighted by Gasteiger charge is -2.35. The second-order valence-corrected chi connectivity index (χ2v) is 4.73. The molecular weight excluding hydrogens is 204 g/mol. The monoisotopic (exact) mass is 216 g/mol. The van der Waals surface area contributed by atoms with E-state index in [9.17, 15) is 4.79 Å². The molecule has 1 fully saturated rings. The Hall–Kier alpha value is -0.110. The summed E-state index contributed by atoms with van der Waals surface area (Å²) in [6.07, 6.45) is 1.59. The van der Waals surface area contributed by atoms with Crippen LogP contribution in [-0.4, -0.2) is 10.6 Å². The topological polar surface area (TPSA) is 17.1 Å². The summed E-state index contributed by atoms with van der Waals surface area (Å²) in [7, 11) is 0. The number of carbonyl (C=O) groups is 1. The second-order valence-electron chi connectivity index (χ2n) is 3.63. The highest BCUT2D eigenvalue weighted by molar-refractivity contribution is 9.09. The number of Topliss-reactive ketones (excluding diaryl/α,β-unsaturated/α-hetero) is 1. The molecule has 1 nitrogen and oxygen atoms in total. The molecule has 11 heavy (non-hydrogen) atoms. The quantitative estimate of drug-likeness (QED) is 0.450. The molecule has 1 aliphatic rings. The van der Waals surface area contributed by atoms with Crippen molar-refractivity contribution in [3.63, 3.8) is 0 Å². The molecule has 1 atom stereocenters. The first-order valence-corrected chi connectivity index (χ1v) is 4.74. The maximum atomic E-state index is 11.2. The fraction of sp³-hybridized carbons (Fsp3) is 0.667. The molecule has 0 saturated heterocycles. The van der Waals surface area contributed by atoms with Crippen LogP contribution in [0.4, 0.5) is 0 Å². The van der Waals surface area contributed by atoms with Crippen LogP contribution in [0.25, 0.3) is 0 Å². The third kappa shape index (κ3) is 1.41. The molecule has 0 heterocycles. The van der Waals surface area contributed by atoms with Crippen LogP contribution in [0.3, 0.4) is 0 Å². The van der Waals surface area contributed by atoms with Gasteiger partial charge in [-0.25, -0.2) is 0 Å². The number of halogens is 1. The molecule has 0 aliphatic heterocycles. The van der Waals surface area contributed by atoms with E-state index >= 15 is 0 Å². The van der Waals surface area contributed by atoms with Gasteiger partial charge < -0.3 is 0 Å². The Morgan fingerprint density at radius 1 is 1.64 bits per heavy atom. The summed E-state index contributed by atoms with van der Waals surface area (Å²) >= 11 is 3.56. The summed E-state index contributed by atoms with van der Waals surface area (Å²) in [5.41, 5.74) is 0.709. The molecule has 0 bridgehead atoms. The third-order valence-corrected chi connectivity index (χ3v) is 4.12. The van der Waals surface area contributed by atoms with Gasteiger partial charge in [0.1, 0.15) is 0 Å². The predicted molar refractivity (Wildman–Crippen MR) is 49.9 cm³/mol. The van der Waals surface area contributed by atoms with Crippen molar-refractivity contribution in [2.24, 2.45) is 5.41 Å². The Kier molecular flexibility index (Phi) is 2.24. The van der Waals surface area contributed by atoms with Gasteiger partial charge in [-0.1, -0.05) is 36.4 Å². The van der Waals surface area contributed by atoms with Gasteiger partial charge in [-0.05, 0) is 12.0 Å². The molecule has 1 saturated carbocycles. The molecule has 0 N–H and O–H groups in total. The van der Waals surface area contributed by atoms with Crippen molar-refractivity contribution in [3.05, 3.63) is 12.2 Å². The van der Waals surface area contributed by atoms with Crippen molar-refractivity contribution in [2.75, 3.05) is 0 Å². The normalized spacial score (nSPS) is 30.6. The summed E-state index contributed by atoms with van der Waals surface area (Å²) in [4.78, 5) is 11.6. The van der Waals surface area contributed by atoms with Crippen LogP contribution in [0, 0.1) is 5.41 Å². The van der Waals surface area contributed by atoms with E-state index < -0.39 is 0 Å². The molecule has 0 radical (unpaired) electrons. The van der Waals surface area contributed by atoms with E-state index in [0.29, 0.717) is 11.2 Å². The van der Waals surface area contributed by atoms with E-state index in [1.807, 2.05) is 0 Å². The first-order chi connectivity index (χ1) is 4.96. The minimum Gasteiger partial charge on any atom is -0.295 e. The highest BCUT2D eigenvalue weighted by Crippen LogP contribution is 2.41. The van der Waals surface area contributed by atoms with E-state index in [1.54, 1.807) is 0 Å². The fourth-order valence-corrected chi connectivity index (χ4v) is 1.82. The van der Waals surface area contributed by atoms with Gasteiger partial charge in [0.05, 0.1) is 0 Å². The molecule has 1 rings (SSSR count). The summed E-state index contributed by atoms with van der Waals surface area (Å²) < 4.78 is 0. The van der Waals surface area contributed by atoms with Gasteiger partial charge in [0.25, 0.3) is 0 Å². The Balaban J connectivity index is 2.89. The van der Waals surface area contributed by atoms with Crippen molar-refractivity contribution < 1.29 is 4.79 Å². The van der Waals surface area contributed by atoms with Crippen molar-refractivity contribution in [2.45, 2.75) is 31.5 Å². The Labute approximate surface area is 76.0 Å².